The molecule has 0 radical (unpaired) electrons. The molecule has 6 heteroatoms. The molecule has 78 valence electrons. The minimum Gasteiger partial charge on any atom is -0.352 e. The van der Waals surface area contributed by atoms with Crippen LogP contribution in [-0.4, -0.2) is 19.0 Å². The van der Waals surface area contributed by atoms with Gasteiger partial charge in [-0.3, -0.25) is 4.79 Å². The molecule has 1 rings (SSSR count). The van der Waals surface area contributed by atoms with E-state index >= 15 is 0 Å². The first-order chi connectivity index (χ1) is 7.33. The largest absolute Gasteiger partial charge is 0.352 e. The van der Waals surface area contributed by atoms with Gasteiger partial charge in [0.25, 0.3) is 0 Å². The van der Waals surface area contributed by atoms with Crippen LogP contribution in [0.5, 0.6) is 0 Å². The molecule has 0 atom stereocenters. The zero-order valence-electron chi connectivity index (χ0n) is 7.96. The van der Waals surface area contributed by atoms with Gasteiger partial charge >= 0.3 is 0 Å². The van der Waals surface area contributed by atoms with E-state index in [2.05, 4.69) is 15.3 Å². The van der Waals surface area contributed by atoms with Gasteiger partial charge in [-0.25, -0.2) is 0 Å². The second-order valence-electron chi connectivity index (χ2n) is 2.59. The van der Waals surface area contributed by atoms with Gasteiger partial charge in [0.1, 0.15) is 0 Å². The second-order valence-corrected chi connectivity index (χ2v) is 3.57. The molecule has 0 saturated carbocycles. The molecule has 0 aliphatic rings. The van der Waals surface area contributed by atoms with Gasteiger partial charge in [0.05, 0.1) is 0 Å². The van der Waals surface area contributed by atoms with E-state index in [1.54, 1.807) is 17.4 Å². The summed E-state index contributed by atoms with van der Waals surface area (Å²) in [5, 5.41) is 7.84. The van der Waals surface area contributed by atoms with Crippen molar-refractivity contribution in [3.63, 3.8) is 0 Å². The lowest BCUT2D eigenvalue weighted by molar-refractivity contribution is -0.116. The number of amides is 1. The maximum atomic E-state index is 11.2. The maximum absolute atomic E-state index is 11.2. The van der Waals surface area contributed by atoms with Gasteiger partial charge in [-0.1, -0.05) is 11.2 Å². The number of nitrogens with one attached hydrogen (secondary N) is 1. The number of thiophene rings is 1. The maximum Gasteiger partial charge on any atom is 0.244 e. The highest BCUT2D eigenvalue weighted by Crippen LogP contribution is 2.09. The Morgan fingerprint density at radius 3 is 3.27 bits per heavy atom. The molecule has 0 spiro atoms. The summed E-state index contributed by atoms with van der Waals surface area (Å²) in [5.41, 5.74) is 7.99. The van der Waals surface area contributed by atoms with E-state index in [0.717, 1.165) is 4.88 Å². The molecule has 1 aromatic heterocycles. The van der Waals surface area contributed by atoms with Crippen LogP contribution in [0.2, 0.25) is 0 Å². The molecular formula is C9H10N4OS. The lowest BCUT2D eigenvalue weighted by atomic mass is 10.4. The molecule has 0 saturated heterocycles. The van der Waals surface area contributed by atoms with Gasteiger partial charge < -0.3 is 5.32 Å². The summed E-state index contributed by atoms with van der Waals surface area (Å²) >= 11 is 1.56. The topological polar surface area (TPSA) is 77.9 Å². The molecule has 0 aliphatic carbocycles. The number of carbonyl (C=O) groups is 1. The average molecular weight is 222 g/mol. The quantitative estimate of drug-likeness (QED) is 0.268. The average Bonchev–Trinajstić information content (AvgIpc) is 2.74. The van der Waals surface area contributed by atoms with Gasteiger partial charge in [0, 0.05) is 29.0 Å². The van der Waals surface area contributed by atoms with E-state index in [4.69, 9.17) is 5.53 Å². The Balaban J connectivity index is 2.27. The Kier molecular flexibility index (Phi) is 5.00. The molecule has 0 aromatic carbocycles. The summed E-state index contributed by atoms with van der Waals surface area (Å²) in [6.45, 7) is 0.632. The molecule has 0 fully saturated rings. The minimum atomic E-state index is -0.184. The number of rotatable bonds is 5. The number of carbonyl (C=O) groups excluding carboxylic acids is 1. The van der Waals surface area contributed by atoms with Crippen LogP contribution in [0.3, 0.4) is 0 Å². The fraction of sp³-hybridized carbons (Fsp3) is 0.222. The summed E-state index contributed by atoms with van der Waals surface area (Å²) in [5.74, 6) is -0.184. The first-order valence-corrected chi connectivity index (χ1v) is 5.21. The minimum absolute atomic E-state index is 0.184. The predicted octanol–water partition coefficient (Wildman–Crippen LogP) is 2.19. The van der Waals surface area contributed by atoms with Crippen molar-refractivity contribution in [1.29, 1.82) is 0 Å². The van der Waals surface area contributed by atoms with Crippen molar-refractivity contribution in [2.45, 2.75) is 0 Å². The molecule has 0 bridgehead atoms. The van der Waals surface area contributed by atoms with Crippen LogP contribution in [0.25, 0.3) is 16.5 Å². The fourth-order valence-corrected chi connectivity index (χ4v) is 1.49. The van der Waals surface area contributed by atoms with Gasteiger partial charge in [-0.05, 0) is 23.1 Å². The molecule has 0 aliphatic heterocycles. The fourth-order valence-electron chi connectivity index (χ4n) is 0.877. The van der Waals surface area contributed by atoms with Crippen LogP contribution in [0.4, 0.5) is 0 Å². The van der Waals surface area contributed by atoms with Crippen LogP contribution in [0, 0.1) is 0 Å². The van der Waals surface area contributed by atoms with Gasteiger partial charge in [-0.2, -0.15) is 0 Å². The summed E-state index contributed by atoms with van der Waals surface area (Å²) < 4.78 is 0. The van der Waals surface area contributed by atoms with Gasteiger partial charge in [-0.15, -0.1) is 11.3 Å². The normalized spacial score (nSPS) is 9.87. The summed E-state index contributed by atoms with van der Waals surface area (Å²) in [6.07, 6.45) is 3.20. The highest BCUT2D eigenvalue weighted by atomic mass is 32.1. The van der Waals surface area contributed by atoms with Crippen molar-refractivity contribution in [2.24, 2.45) is 5.11 Å². The smallest absolute Gasteiger partial charge is 0.244 e. The number of hydrogen-bond donors (Lipinski definition) is 1. The Hall–Kier alpha value is -1.78. The molecule has 0 unspecified atom stereocenters. The predicted molar refractivity (Wildman–Crippen MR) is 60.4 cm³/mol. The van der Waals surface area contributed by atoms with Crippen molar-refractivity contribution < 1.29 is 4.79 Å². The molecule has 1 amide bonds. The van der Waals surface area contributed by atoms with Crippen LogP contribution in [0.15, 0.2) is 28.7 Å². The van der Waals surface area contributed by atoms with E-state index in [-0.39, 0.29) is 12.5 Å². The zero-order chi connectivity index (χ0) is 10.9. The van der Waals surface area contributed by atoms with Crippen LogP contribution in [0.1, 0.15) is 4.88 Å². The van der Waals surface area contributed by atoms with Crippen molar-refractivity contribution in [3.05, 3.63) is 38.9 Å². The Labute approximate surface area is 91.1 Å². The monoisotopic (exact) mass is 222 g/mol. The zero-order valence-corrected chi connectivity index (χ0v) is 8.78. The second kappa shape index (κ2) is 6.64. The number of azide groups is 1. The lowest BCUT2D eigenvalue weighted by Crippen LogP contribution is -2.23. The summed E-state index contributed by atoms with van der Waals surface area (Å²) in [6, 6.07) is 3.85. The molecule has 1 aromatic rings. The Bertz CT molecular complexity index is 379. The van der Waals surface area contributed by atoms with Crippen molar-refractivity contribution >= 4 is 23.3 Å². The van der Waals surface area contributed by atoms with Crippen LogP contribution < -0.4 is 5.32 Å². The van der Waals surface area contributed by atoms with Crippen molar-refractivity contribution in [1.82, 2.24) is 5.32 Å². The lowest BCUT2D eigenvalue weighted by Gasteiger charge is -1.96. The third-order valence-corrected chi connectivity index (χ3v) is 2.35. The first-order valence-electron chi connectivity index (χ1n) is 4.33. The molecule has 15 heavy (non-hydrogen) atoms. The number of nitrogens with zero attached hydrogens (tertiary/aromatic N) is 3. The molecule has 1 heterocycles. The SMILES string of the molecule is [N-]=[N+]=NCCNC(=O)/C=C/c1cccs1. The van der Waals surface area contributed by atoms with Crippen LogP contribution >= 0.6 is 11.3 Å². The summed E-state index contributed by atoms with van der Waals surface area (Å²) in [7, 11) is 0. The highest BCUT2D eigenvalue weighted by Gasteiger charge is 1.93. The van der Waals surface area contributed by atoms with E-state index in [9.17, 15) is 4.79 Å². The third kappa shape index (κ3) is 4.85. The first kappa shape index (κ1) is 11.3. The van der Waals surface area contributed by atoms with E-state index in [1.165, 1.54) is 6.08 Å². The van der Waals surface area contributed by atoms with Gasteiger partial charge in [0.2, 0.25) is 5.91 Å². The van der Waals surface area contributed by atoms with Crippen LogP contribution in [-0.2, 0) is 4.79 Å². The standard InChI is InChI=1S/C9H10N4OS/c10-13-12-6-5-11-9(14)4-3-8-2-1-7-15-8/h1-4,7H,5-6H2,(H,11,14)/b4-3+. The van der Waals surface area contributed by atoms with Crippen molar-refractivity contribution in [2.75, 3.05) is 13.1 Å². The molecule has 1 N–H and O–H groups in total. The van der Waals surface area contributed by atoms with E-state index in [1.807, 2.05) is 17.5 Å². The van der Waals surface area contributed by atoms with E-state index < -0.39 is 0 Å². The Morgan fingerprint density at radius 2 is 2.60 bits per heavy atom. The number of hydrogen-bond acceptors (Lipinski definition) is 3. The Morgan fingerprint density at radius 1 is 1.73 bits per heavy atom. The van der Waals surface area contributed by atoms with E-state index in [0.29, 0.717) is 6.54 Å². The summed E-state index contributed by atoms with van der Waals surface area (Å²) in [4.78, 5) is 14.8. The molecular weight excluding hydrogens is 212 g/mol. The molecule has 5 nitrogen and oxygen atoms in total. The van der Waals surface area contributed by atoms with Crippen molar-refractivity contribution in [3.8, 4) is 0 Å². The third-order valence-electron chi connectivity index (χ3n) is 1.52. The highest BCUT2D eigenvalue weighted by molar-refractivity contribution is 7.10. The van der Waals surface area contributed by atoms with Gasteiger partial charge in [0.15, 0.2) is 0 Å².